The standard InChI is InChI=1S/C15H18N2O6/c1-9(2)6-16-15(20)17-13(18)7-21-14(19)10-3-4-11-12(5-10)23-8-22-11/h3-5,9H,6-8H2,1-2H3,(H2,16,17,18,20). The Morgan fingerprint density at radius 2 is 1.96 bits per heavy atom. The molecule has 124 valence electrons. The topological polar surface area (TPSA) is 103 Å². The average molecular weight is 322 g/mol. The van der Waals surface area contributed by atoms with E-state index in [1.165, 1.54) is 12.1 Å². The summed E-state index contributed by atoms with van der Waals surface area (Å²) in [5, 5.41) is 4.59. The van der Waals surface area contributed by atoms with Crippen LogP contribution in [-0.4, -0.2) is 37.9 Å². The van der Waals surface area contributed by atoms with E-state index in [0.717, 1.165) is 0 Å². The van der Waals surface area contributed by atoms with E-state index in [4.69, 9.17) is 14.2 Å². The number of hydrogen-bond donors (Lipinski definition) is 2. The maximum Gasteiger partial charge on any atom is 0.338 e. The number of fused-ring (bicyclic) bond motifs is 1. The minimum absolute atomic E-state index is 0.0989. The van der Waals surface area contributed by atoms with Gasteiger partial charge in [0.05, 0.1) is 5.56 Å². The number of carbonyl (C=O) groups is 3. The fourth-order valence-corrected chi connectivity index (χ4v) is 1.74. The van der Waals surface area contributed by atoms with Crippen molar-refractivity contribution in [1.29, 1.82) is 0 Å². The van der Waals surface area contributed by atoms with Gasteiger partial charge in [0.1, 0.15) is 0 Å². The molecule has 0 atom stereocenters. The normalized spacial score (nSPS) is 12.0. The van der Waals surface area contributed by atoms with Gasteiger partial charge in [0.15, 0.2) is 18.1 Å². The Labute approximate surface area is 133 Å². The lowest BCUT2D eigenvalue weighted by Gasteiger charge is -2.09. The first kappa shape index (κ1) is 16.6. The second kappa shape index (κ2) is 7.48. The Morgan fingerprint density at radius 3 is 2.70 bits per heavy atom. The summed E-state index contributed by atoms with van der Waals surface area (Å²) in [6.07, 6.45) is 0. The molecule has 23 heavy (non-hydrogen) atoms. The number of hydrogen-bond acceptors (Lipinski definition) is 6. The smallest absolute Gasteiger partial charge is 0.338 e. The SMILES string of the molecule is CC(C)CNC(=O)NC(=O)COC(=O)c1ccc2c(c1)OCO2. The molecule has 1 aromatic carbocycles. The maximum absolute atomic E-state index is 11.9. The van der Waals surface area contributed by atoms with E-state index in [2.05, 4.69) is 10.6 Å². The molecular weight excluding hydrogens is 304 g/mol. The van der Waals surface area contributed by atoms with Crippen molar-refractivity contribution in [3.8, 4) is 11.5 Å². The molecule has 1 aliphatic rings. The Hall–Kier alpha value is -2.77. The first-order valence-electron chi connectivity index (χ1n) is 7.10. The Morgan fingerprint density at radius 1 is 1.22 bits per heavy atom. The van der Waals surface area contributed by atoms with E-state index < -0.39 is 24.5 Å². The molecule has 0 bridgehead atoms. The Kier molecular flexibility index (Phi) is 5.40. The molecular formula is C15H18N2O6. The summed E-state index contributed by atoms with van der Waals surface area (Å²) in [6, 6.07) is 3.93. The van der Waals surface area contributed by atoms with Crippen molar-refractivity contribution in [2.75, 3.05) is 19.9 Å². The second-order valence-corrected chi connectivity index (χ2v) is 5.30. The van der Waals surface area contributed by atoms with Crippen molar-refractivity contribution >= 4 is 17.9 Å². The summed E-state index contributed by atoms with van der Waals surface area (Å²) in [6.45, 7) is 3.84. The summed E-state index contributed by atoms with van der Waals surface area (Å²) in [4.78, 5) is 34.8. The third kappa shape index (κ3) is 4.87. The predicted octanol–water partition coefficient (Wildman–Crippen LogP) is 1.05. The van der Waals surface area contributed by atoms with Crippen LogP contribution in [0.3, 0.4) is 0 Å². The molecule has 0 spiro atoms. The van der Waals surface area contributed by atoms with E-state index in [1.54, 1.807) is 6.07 Å². The first-order chi connectivity index (χ1) is 11.0. The molecule has 1 aliphatic heterocycles. The van der Waals surface area contributed by atoms with Gasteiger partial charge in [0, 0.05) is 6.54 Å². The number of urea groups is 1. The summed E-state index contributed by atoms with van der Waals surface area (Å²) >= 11 is 0. The highest BCUT2D eigenvalue weighted by atomic mass is 16.7. The number of benzene rings is 1. The van der Waals surface area contributed by atoms with Crippen LogP contribution in [0, 0.1) is 5.92 Å². The van der Waals surface area contributed by atoms with Gasteiger partial charge in [-0.2, -0.15) is 0 Å². The molecule has 2 N–H and O–H groups in total. The summed E-state index contributed by atoms with van der Waals surface area (Å²) in [5.74, 6) is -0.154. The lowest BCUT2D eigenvalue weighted by molar-refractivity contribution is -0.123. The number of ether oxygens (including phenoxy) is 3. The number of carbonyl (C=O) groups excluding carboxylic acids is 3. The molecule has 8 heteroatoms. The van der Waals surface area contributed by atoms with Crippen molar-refractivity contribution in [2.45, 2.75) is 13.8 Å². The second-order valence-electron chi connectivity index (χ2n) is 5.30. The molecule has 0 saturated carbocycles. The van der Waals surface area contributed by atoms with Gasteiger partial charge in [-0.15, -0.1) is 0 Å². The molecule has 0 radical (unpaired) electrons. The van der Waals surface area contributed by atoms with Crippen LogP contribution in [0.25, 0.3) is 0 Å². The maximum atomic E-state index is 11.9. The molecule has 8 nitrogen and oxygen atoms in total. The minimum Gasteiger partial charge on any atom is -0.454 e. The number of amides is 3. The zero-order valence-electron chi connectivity index (χ0n) is 12.9. The fraction of sp³-hybridized carbons (Fsp3) is 0.400. The number of esters is 1. The number of nitrogens with one attached hydrogen (secondary N) is 2. The van der Waals surface area contributed by atoms with Crippen LogP contribution < -0.4 is 20.1 Å². The highest BCUT2D eigenvalue weighted by Gasteiger charge is 2.18. The molecule has 0 unspecified atom stereocenters. The van der Waals surface area contributed by atoms with Gasteiger partial charge in [-0.3, -0.25) is 10.1 Å². The molecule has 1 heterocycles. The van der Waals surface area contributed by atoms with Gasteiger partial charge in [-0.25, -0.2) is 9.59 Å². The highest BCUT2D eigenvalue weighted by molar-refractivity contribution is 5.97. The van der Waals surface area contributed by atoms with Crippen molar-refractivity contribution in [2.24, 2.45) is 5.92 Å². The largest absolute Gasteiger partial charge is 0.454 e. The quantitative estimate of drug-likeness (QED) is 0.786. The predicted molar refractivity (Wildman–Crippen MR) is 79.2 cm³/mol. The summed E-state index contributed by atoms with van der Waals surface area (Å²) in [7, 11) is 0. The molecule has 0 fully saturated rings. The van der Waals surface area contributed by atoms with Crippen LogP contribution in [0.2, 0.25) is 0 Å². The molecule has 1 aromatic rings. The van der Waals surface area contributed by atoms with Crippen molar-refractivity contribution in [3.05, 3.63) is 23.8 Å². The summed E-state index contributed by atoms with van der Waals surface area (Å²) < 4.78 is 15.1. The van der Waals surface area contributed by atoms with E-state index >= 15 is 0 Å². The van der Waals surface area contributed by atoms with Crippen LogP contribution in [0.4, 0.5) is 4.79 Å². The van der Waals surface area contributed by atoms with Crippen molar-refractivity contribution in [3.63, 3.8) is 0 Å². The van der Waals surface area contributed by atoms with Gasteiger partial charge in [0.2, 0.25) is 6.79 Å². The zero-order valence-corrected chi connectivity index (χ0v) is 12.9. The fourth-order valence-electron chi connectivity index (χ4n) is 1.74. The number of rotatable bonds is 5. The number of imide groups is 1. The molecule has 3 amide bonds. The van der Waals surface area contributed by atoms with Crippen LogP contribution >= 0.6 is 0 Å². The van der Waals surface area contributed by atoms with E-state index in [-0.39, 0.29) is 18.3 Å². The Balaban J connectivity index is 1.77. The molecule has 0 aromatic heterocycles. The molecule has 2 rings (SSSR count). The van der Waals surface area contributed by atoms with E-state index in [9.17, 15) is 14.4 Å². The molecule has 0 saturated heterocycles. The Bertz CT molecular complexity index is 614. The van der Waals surface area contributed by atoms with Crippen molar-refractivity contribution < 1.29 is 28.6 Å². The molecule has 0 aliphatic carbocycles. The van der Waals surface area contributed by atoms with Crippen LogP contribution in [-0.2, 0) is 9.53 Å². The van der Waals surface area contributed by atoms with Gasteiger partial charge in [-0.1, -0.05) is 13.8 Å². The summed E-state index contributed by atoms with van der Waals surface area (Å²) in [5.41, 5.74) is 0.228. The minimum atomic E-state index is -0.708. The van der Waals surface area contributed by atoms with Gasteiger partial charge in [-0.05, 0) is 24.1 Å². The van der Waals surface area contributed by atoms with Crippen LogP contribution in [0.5, 0.6) is 11.5 Å². The van der Waals surface area contributed by atoms with Crippen molar-refractivity contribution in [1.82, 2.24) is 10.6 Å². The highest BCUT2D eigenvalue weighted by Crippen LogP contribution is 2.32. The third-order valence-corrected chi connectivity index (χ3v) is 2.87. The average Bonchev–Trinajstić information content (AvgIpc) is 2.98. The lowest BCUT2D eigenvalue weighted by atomic mass is 10.2. The van der Waals surface area contributed by atoms with E-state index in [1.807, 2.05) is 13.8 Å². The first-order valence-corrected chi connectivity index (χ1v) is 7.10. The van der Waals surface area contributed by atoms with E-state index in [0.29, 0.717) is 18.0 Å². The van der Waals surface area contributed by atoms with Crippen LogP contribution in [0.1, 0.15) is 24.2 Å². The van der Waals surface area contributed by atoms with Gasteiger partial charge >= 0.3 is 12.0 Å². The lowest BCUT2D eigenvalue weighted by Crippen LogP contribution is -2.42. The van der Waals surface area contributed by atoms with Gasteiger partial charge in [0.25, 0.3) is 5.91 Å². The monoisotopic (exact) mass is 322 g/mol. The van der Waals surface area contributed by atoms with Gasteiger partial charge < -0.3 is 19.5 Å². The third-order valence-electron chi connectivity index (χ3n) is 2.87. The zero-order chi connectivity index (χ0) is 16.8. The van der Waals surface area contributed by atoms with Crippen LogP contribution in [0.15, 0.2) is 18.2 Å².